The number of allylic oxidation sites excluding steroid dienone is 1. The molecule has 0 bridgehead atoms. The third-order valence-electron chi connectivity index (χ3n) is 4.16. The maximum atomic E-state index is 6.21. The molecule has 4 heteroatoms. The molecule has 3 rings (SSSR count). The van der Waals surface area contributed by atoms with E-state index >= 15 is 0 Å². The van der Waals surface area contributed by atoms with Crippen LogP contribution in [0.15, 0.2) is 46.4 Å². The minimum Gasteiger partial charge on any atom is -0.460 e. The molecule has 0 fully saturated rings. The second-order valence-corrected chi connectivity index (χ2v) is 6.77. The van der Waals surface area contributed by atoms with Crippen LogP contribution in [0.3, 0.4) is 0 Å². The lowest BCUT2D eigenvalue weighted by molar-refractivity contribution is 0.493. The van der Waals surface area contributed by atoms with Crippen molar-refractivity contribution < 1.29 is 4.42 Å². The van der Waals surface area contributed by atoms with E-state index in [1.165, 1.54) is 25.7 Å². The zero-order chi connectivity index (χ0) is 16.1. The summed E-state index contributed by atoms with van der Waals surface area (Å²) in [6, 6.07) is 9.32. The van der Waals surface area contributed by atoms with Gasteiger partial charge in [0.2, 0.25) is 0 Å². The molecule has 1 aliphatic rings. The van der Waals surface area contributed by atoms with Crippen LogP contribution >= 0.6 is 23.2 Å². The fourth-order valence-corrected chi connectivity index (χ4v) is 3.28. The SMILES string of the molecule is Clc1ccc(Cl)c(-c2ccc(CNCCC3=CCCCC3)o2)c1. The number of rotatable bonds is 6. The van der Waals surface area contributed by atoms with Crippen LogP contribution in [0.1, 0.15) is 37.9 Å². The average Bonchev–Trinajstić information content (AvgIpc) is 3.03. The van der Waals surface area contributed by atoms with Crippen LogP contribution in [-0.4, -0.2) is 6.54 Å². The molecule has 0 spiro atoms. The number of halogens is 2. The summed E-state index contributed by atoms with van der Waals surface area (Å²) in [6.45, 7) is 1.71. The summed E-state index contributed by atoms with van der Waals surface area (Å²) in [4.78, 5) is 0. The van der Waals surface area contributed by atoms with Gasteiger partial charge in [-0.3, -0.25) is 0 Å². The first kappa shape index (κ1) is 16.6. The molecule has 0 aliphatic heterocycles. The van der Waals surface area contributed by atoms with Gasteiger partial charge in [-0.2, -0.15) is 0 Å². The van der Waals surface area contributed by atoms with Gasteiger partial charge in [0.05, 0.1) is 11.6 Å². The number of furan rings is 1. The molecule has 122 valence electrons. The van der Waals surface area contributed by atoms with Gasteiger partial charge in [-0.1, -0.05) is 34.9 Å². The van der Waals surface area contributed by atoms with Crippen LogP contribution in [-0.2, 0) is 6.54 Å². The van der Waals surface area contributed by atoms with Crippen molar-refractivity contribution in [1.29, 1.82) is 0 Å². The van der Waals surface area contributed by atoms with Crippen molar-refractivity contribution in [1.82, 2.24) is 5.32 Å². The van der Waals surface area contributed by atoms with Gasteiger partial charge in [0.1, 0.15) is 11.5 Å². The molecule has 0 atom stereocenters. The van der Waals surface area contributed by atoms with Gasteiger partial charge in [-0.05, 0) is 69.0 Å². The van der Waals surface area contributed by atoms with Gasteiger partial charge in [0, 0.05) is 10.6 Å². The summed E-state index contributed by atoms with van der Waals surface area (Å²) < 4.78 is 5.88. The Bertz CT molecular complexity index is 690. The summed E-state index contributed by atoms with van der Waals surface area (Å²) in [7, 11) is 0. The third kappa shape index (κ3) is 4.63. The quantitative estimate of drug-likeness (QED) is 0.493. The first-order chi connectivity index (χ1) is 11.2. The smallest absolute Gasteiger partial charge is 0.135 e. The lowest BCUT2D eigenvalue weighted by Gasteiger charge is -2.12. The molecule has 0 saturated carbocycles. The second-order valence-electron chi connectivity index (χ2n) is 5.93. The summed E-state index contributed by atoms with van der Waals surface area (Å²) >= 11 is 12.2. The van der Waals surface area contributed by atoms with Gasteiger partial charge in [0.25, 0.3) is 0 Å². The summed E-state index contributed by atoms with van der Waals surface area (Å²) in [5.41, 5.74) is 2.42. The minimum absolute atomic E-state index is 0.646. The van der Waals surface area contributed by atoms with Crippen LogP contribution in [0.2, 0.25) is 10.0 Å². The molecule has 2 nitrogen and oxygen atoms in total. The normalized spacial score (nSPS) is 14.8. The number of nitrogens with one attached hydrogen (secondary N) is 1. The Labute approximate surface area is 147 Å². The monoisotopic (exact) mass is 349 g/mol. The summed E-state index contributed by atoms with van der Waals surface area (Å²) in [5.74, 6) is 1.66. The second kappa shape index (κ2) is 8.05. The Morgan fingerprint density at radius 3 is 2.83 bits per heavy atom. The van der Waals surface area contributed by atoms with E-state index in [-0.39, 0.29) is 0 Å². The predicted octanol–water partition coefficient (Wildman–Crippen LogP) is 6.23. The van der Waals surface area contributed by atoms with E-state index in [4.69, 9.17) is 27.6 Å². The molecule has 1 aliphatic carbocycles. The molecule has 0 saturated heterocycles. The van der Waals surface area contributed by atoms with Crippen molar-refractivity contribution in [2.75, 3.05) is 6.54 Å². The lowest BCUT2D eigenvalue weighted by atomic mass is 9.97. The van der Waals surface area contributed by atoms with E-state index in [0.717, 1.165) is 36.6 Å². The molecule has 23 heavy (non-hydrogen) atoms. The molecule has 0 unspecified atom stereocenters. The van der Waals surface area contributed by atoms with Crippen molar-refractivity contribution in [2.45, 2.75) is 38.6 Å². The van der Waals surface area contributed by atoms with Crippen molar-refractivity contribution >= 4 is 23.2 Å². The average molecular weight is 350 g/mol. The standard InChI is InChI=1S/C19H21Cl2NO/c20-15-6-8-18(21)17(12-15)19-9-7-16(23-19)13-22-11-10-14-4-2-1-3-5-14/h4,6-9,12,22H,1-3,5,10-11,13H2. The fraction of sp³-hybridized carbons (Fsp3) is 0.368. The molecule has 1 aromatic carbocycles. The van der Waals surface area contributed by atoms with Crippen molar-refractivity contribution in [2.24, 2.45) is 0 Å². The van der Waals surface area contributed by atoms with E-state index in [1.54, 1.807) is 17.7 Å². The van der Waals surface area contributed by atoms with Crippen LogP contribution in [0.4, 0.5) is 0 Å². The van der Waals surface area contributed by atoms with E-state index < -0.39 is 0 Å². The van der Waals surface area contributed by atoms with Gasteiger partial charge < -0.3 is 9.73 Å². The Hall–Kier alpha value is -1.22. The highest BCUT2D eigenvalue weighted by Gasteiger charge is 2.09. The third-order valence-corrected chi connectivity index (χ3v) is 4.73. The Morgan fingerprint density at radius 1 is 1.09 bits per heavy atom. The van der Waals surface area contributed by atoms with Gasteiger partial charge in [-0.15, -0.1) is 0 Å². The van der Waals surface area contributed by atoms with Crippen LogP contribution in [0.25, 0.3) is 11.3 Å². The zero-order valence-electron chi connectivity index (χ0n) is 13.1. The van der Waals surface area contributed by atoms with E-state index in [2.05, 4.69) is 11.4 Å². The largest absolute Gasteiger partial charge is 0.460 e. The first-order valence-corrected chi connectivity index (χ1v) is 8.91. The number of hydrogen-bond acceptors (Lipinski definition) is 2. The highest BCUT2D eigenvalue weighted by atomic mass is 35.5. The minimum atomic E-state index is 0.646. The molecular formula is C19H21Cl2NO. The van der Waals surface area contributed by atoms with E-state index in [0.29, 0.717) is 10.0 Å². The molecule has 0 radical (unpaired) electrons. The maximum Gasteiger partial charge on any atom is 0.135 e. The molecular weight excluding hydrogens is 329 g/mol. The van der Waals surface area contributed by atoms with Crippen molar-refractivity contribution in [3.05, 3.63) is 57.8 Å². The highest BCUT2D eigenvalue weighted by Crippen LogP contribution is 2.31. The van der Waals surface area contributed by atoms with Gasteiger partial charge in [-0.25, -0.2) is 0 Å². The molecule has 1 heterocycles. The van der Waals surface area contributed by atoms with Crippen LogP contribution < -0.4 is 5.32 Å². The maximum absolute atomic E-state index is 6.21. The van der Waals surface area contributed by atoms with Crippen molar-refractivity contribution in [3.63, 3.8) is 0 Å². The van der Waals surface area contributed by atoms with E-state index in [1.807, 2.05) is 18.2 Å². The Kier molecular flexibility index (Phi) is 5.82. The predicted molar refractivity (Wildman–Crippen MR) is 97.0 cm³/mol. The molecule has 2 aromatic rings. The Morgan fingerprint density at radius 2 is 2.00 bits per heavy atom. The summed E-state index contributed by atoms with van der Waals surface area (Å²) in [5, 5.41) is 4.75. The topological polar surface area (TPSA) is 25.2 Å². The first-order valence-electron chi connectivity index (χ1n) is 8.15. The number of hydrogen-bond donors (Lipinski definition) is 1. The summed E-state index contributed by atoms with van der Waals surface area (Å²) in [6.07, 6.45) is 8.73. The fourth-order valence-electron chi connectivity index (χ4n) is 2.90. The zero-order valence-corrected chi connectivity index (χ0v) is 14.6. The molecule has 0 amide bonds. The Balaban J connectivity index is 1.53. The van der Waals surface area contributed by atoms with Crippen LogP contribution in [0, 0.1) is 0 Å². The van der Waals surface area contributed by atoms with Crippen LogP contribution in [0.5, 0.6) is 0 Å². The van der Waals surface area contributed by atoms with Crippen molar-refractivity contribution in [3.8, 4) is 11.3 Å². The van der Waals surface area contributed by atoms with E-state index in [9.17, 15) is 0 Å². The number of benzene rings is 1. The van der Waals surface area contributed by atoms with Gasteiger partial charge in [0.15, 0.2) is 0 Å². The molecule has 1 aromatic heterocycles. The lowest BCUT2D eigenvalue weighted by Crippen LogP contribution is -2.15. The molecule has 1 N–H and O–H groups in total. The highest BCUT2D eigenvalue weighted by molar-refractivity contribution is 6.35. The van der Waals surface area contributed by atoms with Gasteiger partial charge >= 0.3 is 0 Å².